The first kappa shape index (κ1) is 18.0. The molecule has 7 heteroatoms. The molecule has 0 aromatic heterocycles. The van der Waals surface area contributed by atoms with Gasteiger partial charge in [0.2, 0.25) is 0 Å². The molecule has 0 fully saturated rings. The highest BCUT2D eigenvalue weighted by atomic mass is 16.5. The summed E-state index contributed by atoms with van der Waals surface area (Å²) < 4.78 is 5.65. The van der Waals surface area contributed by atoms with E-state index >= 15 is 0 Å². The smallest absolute Gasteiger partial charge is 0.489 e. The lowest BCUT2D eigenvalue weighted by atomic mass is 9.77. The molecule has 0 heterocycles. The Bertz CT molecular complexity index is 703. The average molecular weight is 329 g/mol. The Morgan fingerprint density at radius 1 is 1.17 bits per heavy atom. The van der Waals surface area contributed by atoms with Crippen LogP contribution in [0.2, 0.25) is 0 Å². The minimum absolute atomic E-state index is 0.0566. The van der Waals surface area contributed by atoms with Crippen molar-refractivity contribution in [2.75, 3.05) is 0 Å². The van der Waals surface area contributed by atoms with E-state index in [4.69, 9.17) is 15.6 Å². The summed E-state index contributed by atoms with van der Waals surface area (Å²) in [7, 11) is -1.73. The standard InChI is InChI=1S/C17H20BNO5/c1-17(19,16(20)21)10-13-7-8-15(14(9-13)18(22)23)24-11-12-5-3-2-4-6-12/h2-9,22-23H,10-11,19H2,1H3,(H,20,21)/t17-/m0/s1. The van der Waals surface area contributed by atoms with E-state index in [-0.39, 0.29) is 18.5 Å². The fourth-order valence-corrected chi connectivity index (χ4v) is 2.28. The third-order valence-corrected chi connectivity index (χ3v) is 3.65. The summed E-state index contributed by atoms with van der Waals surface area (Å²) >= 11 is 0. The summed E-state index contributed by atoms with van der Waals surface area (Å²) in [6, 6.07) is 14.2. The number of carbonyl (C=O) groups is 1. The lowest BCUT2D eigenvalue weighted by Gasteiger charge is -2.20. The molecule has 0 bridgehead atoms. The van der Waals surface area contributed by atoms with Crippen LogP contribution in [0.3, 0.4) is 0 Å². The first-order valence-electron chi connectivity index (χ1n) is 7.47. The Morgan fingerprint density at radius 3 is 2.42 bits per heavy atom. The molecule has 0 amide bonds. The quantitative estimate of drug-likeness (QED) is 0.543. The van der Waals surface area contributed by atoms with Crippen molar-refractivity contribution in [2.45, 2.75) is 25.5 Å². The molecule has 2 aromatic carbocycles. The second-order valence-electron chi connectivity index (χ2n) is 5.92. The molecule has 0 saturated heterocycles. The molecular formula is C17H20BNO5. The summed E-state index contributed by atoms with van der Waals surface area (Å²) in [5.41, 5.74) is 5.99. The maximum absolute atomic E-state index is 11.1. The molecule has 0 aliphatic rings. The lowest BCUT2D eigenvalue weighted by Crippen LogP contribution is -2.47. The largest absolute Gasteiger partial charge is 0.492 e. The van der Waals surface area contributed by atoms with Crippen molar-refractivity contribution in [3.63, 3.8) is 0 Å². The van der Waals surface area contributed by atoms with Crippen LogP contribution in [-0.4, -0.2) is 33.8 Å². The molecule has 2 rings (SSSR count). The number of nitrogens with two attached hydrogens (primary N) is 1. The van der Waals surface area contributed by atoms with Crippen LogP contribution in [-0.2, 0) is 17.8 Å². The maximum atomic E-state index is 11.1. The normalized spacial score (nSPS) is 13.2. The van der Waals surface area contributed by atoms with E-state index in [9.17, 15) is 14.8 Å². The molecule has 0 aliphatic heterocycles. The number of aliphatic carboxylic acids is 1. The highest BCUT2D eigenvalue weighted by molar-refractivity contribution is 6.59. The van der Waals surface area contributed by atoms with Crippen molar-refractivity contribution in [1.29, 1.82) is 0 Å². The Balaban J connectivity index is 2.19. The summed E-state index contributed by atoms with van der Waals surface area (Å²) in [4.78, 5) is 11.1. The second-order valence-corrected chi connectivity index (χ2v) is 5.92. The minimum atomic E-state index is -1.73. The number of ether oxygens (including phenoxy) is 1. The SMILES string of the molecule is C[C@](N)(Cc1ccc(OCc2ccccc2)c(B(O)O)c1)C(=O)O. The Morgan fingerprint density at radius 2 is 1.83 bits per heavy atom. The molecule has 0 spiro atoms. The van der Waals surface area contributed by atoms with Crippen LogP contribution >= 0.6 is 0 Å². The average Bonchev–Trinajstić information content (AvgIpc) is 2.54. The van der Waals surface area contributed by atoms with E-state index in [2.05, 4.69) is 0 Å². The van der Waals surface area contributed by atoms with E-state index in [1.807, 2.05) is 30.3 Å². The van der Waals surface area contributed by atoms with E-state index in [1.165, 1.54) is 13.0 Å². The van der Waals surface area contributed by atoms with E-state index in [1.54, 1.807) is 12.1 Å². The summed E-state index contributed by atoms with van der Waals surface area (Å²) in [5.74, 6) is -0.801. The molecule has 24 heavy (non-hydrogen) atoms. The highest BCUT2D eigenvalue weighted by Crippen LogP contribution is 2.16. The number of hydrogen-bond donors (Lipinski definition) is 4. The van der Waals surface area contributed by atoms with E-state index < -0.39 is 18.6 Å². The first-order chi connectivity index (χ1) is 11.3. The minimum Gasteiger partial charge on any atom is -0.489 e. The number of benzene rings is 2. The van der Waals surface area contributed by atoms with Crippen LogP contribution < -0.4 is 15.9 Å². The van der Waals surface area contributed by atoms with Crippen molar-refractivity contribution in [1.82, 2.24) is 0 Å². The fourth-order valence-electron chi connectivity index (χ4n) is 2.28. The van der Waals surface area contributed by atoms with Gasteiger partial charge < -0.3 is 25.6 Å². The molecule has 0 saturated carbocycles. The molecule has 0 unspecified atom stereocenters. The van der Waals surface area contributed by atoms with Crippen molar-refractivity contribution < 1.29 is 24.7 Å². The summed E-state index contributed by atoms with van der Waals surface area (Å²) in [5, 5.41) is 28.2. The lowest BCUT2D eigenvalue weighted by molar-refractivity contribution is -0.142. The van der Waals surface area contributed by atoms with Gasteiger partial charge >= 0.3 is 13.1 Å². The van der Waals surface area contributed by atoms with Gasteiger partial charge in [-0.25, -0.2) is 0 Å². The highest BCUT2D eigenvalue weighted by Gasteiger charge is 2.29. The zero-order valence-electron chi connectivity index (χ0n) is 13.3. The molecule has 0 aliphatic carbocycles. The molecule has 0 radical (unpaired) electrons. The van der Waals surface area contributed by atoms with Gasteiger partial charge in [0.15, 0.2) is 0 Å². The number of rotatable bonds is 7. The predicted octanol–water partition coefficient (Wildman–Crippen LogP) is 0.290. The molecule has 2 aromatic rings. The van der Waals surface area contributed by atoms with Gasteiger partial charge in [-0.15, -0.1) is 0 Å². The van der Waals surface area contributed by atoms with Gasteiger partial charge in [0.1, 0.15) is 17.9 Å². The Hall–Kier alpha value is -2.35. The van der Waals surface area contributed by atoms with E-state index in [0.29, 0.717) is 11.3 Å². The van der Waals surface area contributed by atoms with Crippen LogP contribution in [0, 0.1) is 0 Å². The third kappa shape index (κ3) is 4.58. The topological polar surface area (TPSA) is 113 Å². The second kappa shape index (κ2) is 7.48. The molecule has 1 atom stereocenters. The fraction of sp³-hybridized carbons (Fsp3) is 0.235. The van der Waals surface area contributed by atoms with Crippen LogP contribution in [0.15, 0.2) is 48.5 Å². The zero-order valence-corrected chi connectivity index (χ0v) is 13.3. The summed E-state index contributed by atoms with van der Waals surface area (Å²) in [6.45, 7) is 1.69. The van der Waals surface area contributed by atoms with Crippen molar-refractivity contribution >= 4 is 18.6 Å². The number of carboxylic acids is 1. The van der Waals surface area contributed by atoms with Crippen LogP contribution in [0.25, 0.3) is 0 Å². The third-order valence-electron chi connectivity index (χ3n) is 3.65. The van der Waals surface area contributed by atoms with Crippen LogP contribution in [0.4, 0.5) is 0 Å². The Kier molecular flexibility index (Phi) is 5.61. The van der Waals surface area contributed by atoms with Gasteiger partial charge in [-0.05, 0) is 24.1 Å². The van der Waals surface area contributed by atoms with Gasteiger partial charge in [0.25, 0.3) is 0 Å². The van der Waals surface area contributed by atoms with Gasteiger partial charge in [0, 0.05) is 11.9 Å². The van der Waals surface area contributed by atoms with Gasteiger partial charge in [-0.1, -0.05) is 42.5 Å². The van der Waals surface area contributed by atoms with Gasteiger partial charge in [-0.2, -0.15) is 0 Å². The van der Waals surface area contributed by atoms with Crippen molar-refractivity contribution in [3.05, 3.63) is 59.7 Å². The molecule has 5 N–H and O–H groups in total. The molecular weight excluding hydrogens is 309 g/mol. The monoisotopic (exact) mass is 329 g/mol. The van der Waals surface area contributed by atoms with Crippen LogP contribution in [0.5, 0.6) is 5.75 Å². The number of hydrogen-bond acceptors (Lipinski definition) is 5. The zero-order chi connectivity index (χ0) is 17.7. The number of carboxylic acid groups (broad SMARTS) is 1. The van der Waals surface area contributed by atoms with Gasteiger partial charge in [0.05, 0.1) is 0 Å². The van der Waals surface area contributed by atoms with Crippen molar-refractivity contribution in [2.24, 2.45) is 5.73 Å². The first-order valence-corrected chi connectivity index (χ1v) is 7.47. The van der Waals surface area contributed by atoms with Crippen molar-refractivity contribution in [3.8, 4) is 5.75 Å². The Labute approximate surface area is 140 Å². The predicted molar refractivity (Wildman–Crippen MR) is 91.0 cm³/mol. The van der Waals surface area contributed by atoms with Gasteiger partial charge in [-0.3, -0.25) is 4.79 Å². The van der Waals surface area contributed by atoms with Crippen LogP contribution in [0.1, 0.15) is 18.1 Å². The molecule has 126 valence electrons. The molecule has 6 nitrogen and oxygen atoms in total. The maximum Gasteiger partial charge on any atom is 0.492 e. The summed E-state index contributed by atoms with van der Waals surface area (Å²) in [6.07, 6.45) is 0.0566. The van der Waals surface area contributed by atoms with E-state index in [0.717, 1.165) is 5.56 Å².